The molecular formula is C14H19N4. The van der Waals surface area contributed by atoms with Crippen LogP contribution in [0, 0.1) is 12.3 Å². The van der Waals surface area contributed by atoms with E-state index in [1.165, 1.54) is 0 Å². The molecule has 4 heteroatoms. The van der Waals surface area contributed by atoms with Crippen molar-refractivity contribution in [2.75, 3.05) is 11.1 Å². The molecule has 0 saturated heterocycles. The molecule has 3 N–H and O–H groups in total. The van der Waals surface area contributed by atoms with E-state index in [0.29, 0.717) is 5.69 Å². The molecule has 18 heavy (non-hydrogen) atoms. The molecule has 2 aromatic rings. The highest BCUT2D eigenvalue weighted by molar-refractivity contribution is 5.93. The number of nitrogen functional groups attached to an aromatic ring is 1. The maximum atomic E-state index is 5.99. The van der Waals surface area contributed by atoms with E-state index in [-0.39, 0.29) is 11.5 Å². The Hall–Kier alpha value is -1.84. The smallest absolute Gasteiger partial charge is 0.114 e. The molecule has 1 unspecified atom stereocenters. The first-order chi connectivity index (χ1) is 8.39. The number of nitrogens with zero attached hydrogens (tertiary/aromatic N) is 2. The lowest BCUT2D eigenvalue weighted by Gasteiger charge is -2.29. The quantitative estimate of drug-likeness (QED) is 0.851. The molecule has 0 aliphatic carbocycles. The van der Waals surface area contributed by atoms with Crippen molar-refractivity contribution in [3.05, 3.63) is 31.5 Å². The Balaban J connectivity index is 2.47. The second-order valence-electron chi connectivity index (χ2n) is 5.52. The van der Waals surface area contributed by atoms with Crippen LogP contribution in [0.1, 0.15) is 20.8 Å². The van der Waals surface area contributed by atoms with Gasteiger partial charge in [-0.15, -0.1) is 0 Å². The van der Waals surface area contributed by atoms with Crippen molar-refractivity contribution in [2.24, 2.45) is 5.41 Å². The third-order valence-corrected chi connectivity index (χ3v) is 3.02. The number of hydrogen-bond donors (Lipinski definition) is 2. The van der Waals surface area contributed by atoms with E-state index < -0.39 is 0 Å². The minimum absolute atomic E-state index is 0.0346. The second-order valence-corrected chi connectivity index (χ2v) is 5.52. The number of hydrogen-bond acceptors (Lipinski definition) is 4. The van der Waals surface area contributed by atoms with Gasteiger partial charge in [0.15, 0.2) is 0 Å². The third kappa shape index (κ3) is 2.37. The number of fused-ring (bicyclic) bond motifs is 1. The van der Waals surface area contributed by atoms with Crippen molar-refractivity contribution in [3.8, 4) is 0 Å². The molecule has 0 spiro atoms. The Morgan fingerprint density at radius 1 is 1.33 bits per heavy atom. The first-order valence-corrected chi connectivity index (χ1v) is 5.98. The summed E-state index contributed by atoms with van der Waals surface area (Å²) in [6.45, 7) is 10.5. The minimum atomic E-state index is 0.0346. The number of pyridine rings is 2. The van der Waals surface area contributed by atoms with Gasteiger partial charge in [0, 0.05) is 12.2 Å². The standard InChI is InChI=1S/C14H19N4/c1-9(14(2,3)4)18-12-10(15)8-17-11-6-5-7-16-13(11)12/h5-9H,1,15H2,2-4H3,(H,17,18). The average molecular weight is 243 g/mol. The Morgan fingerprint density at radius 2 is 2.06 bits per heavy atom. The molecule has 0 aliphatic rings. The van der Waals surface area contributed by atoms with Crippen LogP contribution in [0.3, 0.4) is 0 Å². The van der Waals surface area contributed by atoms with Crippen molar-refractivity contribution < 1.29 is 0 Å². The first kappa shape index (κ1) is 12.6. The van der Waals surface area contributed by atoms with E-state index in [9.17, 15) is 0 Å². The summed E-state index contributed by atoms with van der Waals surface area (Å²) in [6.07, 6.45) is 3.39. The van der Waals surface area contributed by atoms with E-state index in [1.54, 1.807) is 12.4 Å². The molecule has 2 aromatic heterocycles. The van der Waals surface area contributed by atoms with Crippen LogP contribution in [-0.4, -0.2) is 16.0 Å². The molecule has 0 fully saturated rings. The van der Waals surface area contributed by atoms with Crippen LogP contribution in [0.5, 0.6) is 0 Å². The van der Waals surface area contributed by atoms with Crippen LogP contribution in [0.25, 0.3) is 11.0 Å². The van der Waals surface area contributed by atoms with Gasteiger partial charge in [0.25, 0.3) is 0 Å². The zero-order chi connectivity index (χ0) is 13.3. The van der Waals surface area contributed by atoms with Crippen LogP contribution in [-0.2, 0) is 0 Å². The summed E-state index contributed by atoms with van der Waals surface area (Å²) in [4.78, 5) is 8.61. The van der Waals surface area contributed by atoms with Crippen molar-refractivity contribution in [3.63, 3.8) is 0 Å². The predicted octanol–water partition coefficient (Wildman–Crippen LogP) is 2.87. The lowest BCUT2D eigenvalue weighted by atomic mass is 9.88. The second kappa shape index (κ2) is 4.44. The largest absolute Gasteiger partial charge is 0.396 e. The fourth-order valence-electron chi connectivity index (χ4n) is 1.58. The summed E-state index contributed by atoms with van der Waals surface area (Å²) >= 11 is 0. The van der Waals surface area contributed by atoms with Crippen molar-refractivity contribution in [1.29, 1.82) is 0 Å². The van der Waals surface area contributed by atoms with Gasteiger partial charge in [-0.1, -0.05) is 20.8 Å². The molecule has 0 saturated carbocycles. The number of nitrogens with two attached hydrogens (primary N) is 1. The minimum Gasteiger partial charge on any atom is -0.396 e. The summed E-state index contributed by atoms with van der Waals surface area (Å²) < 4.78 is 0. The van der Waals surface area contributed by atoms with E-state index >= 15 is 0 Å². The lowest BCUT2D eigenvalue weighted by molar-refractivity contribution is 0.383. The van der Waals surface area contributed by atoms with Crippen LogP contribution in [0.15, 0.2) is 24.5 Å². The van der Waals surface area contributed by atoms with Crippen LogP contribution < -0.4 is 11.1 Å². The molecule has 0 aliphatic heterocycles. The Kier molecular flexibility index (Phi) is 3.11. The summed E-state index contributed by atoms with van der Waals surface area (Å²) in [5, 5.41) is 3.35. The highest BCUT2D eigenvalue weighted by atomic mass is 15.0. The average Bonchev–Trinajstić information content (AvgIpc) is 2.31. The molecule has 95 valence electrons. The molecule has 2 rings (SSSR count). The zero-order valence-corrected chi connectivity index (χ0v) is 11.1. The number of aromatic nitrogens is 2. The lowest BCUT2D eigenvalue weighted by Crippen LogP contribution is -2.31. The summed E-state index contributed by atoms with van der Waals surface area (Å²) in [6, 6.07) is 3.82. The summed E-state index contributed by atoms with van der Waals surface area (Å²) in [7, 11) is 0. The topological polar surface area (TPSA) is 63.8 Å². The molecule has 0 amide bonds. The Morgan fingerprint density at radius 3 is 2.72 bits per heavy atom. The molecule has 1 atom stereocenters. The number of nitrogens with one attached hydrogen (secondary N) is 1. The highest BCUT2D eigenvalue weighted by Crippen LogP contribution is 2.30. The van der Waals surface area contributed by atoms with Gasteiger partial charge in [-0.05, 0) is 24.5 Å². The van der Waals surface area contributed by atoms with E-state index in [2.05, 4.69) is 43.0 Å². The summed E-state index contributed by atoms with van der Waals surface area (Å²) in [5.74, 6) is 0. The normalized spacial score (nSPS) is 13.6. The van der Waals surface area contributed by atoms with Crippen LogP contribution in [0.2, 0.25) is 0 Å². The SMILES string of the molecule is [CH2]C(Nc1c(N)cnc2cccnc12)C(C)(C)C. The molecule has 4 nitrogen and oxygen atoms in total. The van der Waals surface area contributed by atoms with Crippen molar-refractivity contribution in [2.45, 2.75) is 26.8 Å². The fourth-order valence-corrected chi connectivity index (χ4v) is 1.58. The molecule has 0 bridgehead atoms. The predicted molar refractivity (Wildman–Crippen MR) is 76.2 cm³/mol. The van der Waals surface area contributed by atoms with E-state index in [0.717, 1.165) is 16.7 Å². The van der Waals surface area contributed by atoms with Gasteiger partial charge in [-0.25, -0.2) is 0 Å². The Bertz CT molecular complexity index is 557. The zero-order valence-electron chi connectivity index (χ0n) is 11.1. The third-order valence-electron chi connectivity index (χ3n) is 3.02. The van der Waals surface area contributed by atoms with Gasteiger partial charge < -0.3 is 11.1 Å². The van der Waals surface area contributed by atoms with Crippen LogP contribution >= 0.6 is 0 Å². The maximum absolute atomic E-state index is 5.99. The van der Waals surface area contributed by atoms with E-state index in [4.69, 9.17) is 5.73 Å². The van der Waals surface area contributed by atoms with E-state index in [1.807, 2.05) is 12.1 Å². The van der Waals surface area contributed by atoms with Gasteiger partial charge in [-0.3, -0.25) is 9.97 Å². The number of anilines is 2. The molecular weight excluding hydrogens is 224 g/mol. The summed E-state index contributed by atoms with van der Waals surface area (Å²) in [5.41, 5.74) is 9.05. The first-order valence-electron chi connectivity index (χ1n) is 5.98. The van der Waals surface area contributed by atoms with Gasteiger partial charge in [0.05, 0.1) is 23.1 Å². The van der Waals surface area contributed by atoms with Crippen LogP contribution in [0.4, 0.5) is 11.4 Å². The molecule has 0 aromatic carbocycles. The van der Waals surface area contributed by atoms with Gasteiger partial charge in [-0.2, -0.15) is 0 Å². The van der Waals surface area contributed by atoms with Gasteiger partial charge in [0.2, 0.25) is 0 Å². The van der Waals surface area contributed by atoms with Gasteiger partial charge in [0.1, 0.15) is 5.52 Å². The maximum Gasteiger partial charge on any atom is 0.114 e. The Labute approximate surface area is 108 Å². The molecule has 1 radical (unpaired) electrons. The van der Waals surface area contributed by atoms with Crippen molar-refractivity contribution in [1.82, 2.24) is 9.97 Å². The number of rotatable bonds is 2. The van der Waals surface area contributed by atoms with Gasteiger partial charge >= 0.3 is 0 Å². The monoisotopic (exact) mass is 243 g/mol. The van der Waals surface area contributed by atoms with Crippen molar-refractivity contribution >= 4 is 22.4 Å². The molecule has 2 heterocycles. The fraction of sp³-hybridized carbons (Fsp3) is 0.357. The highest BCUT2D eigenvalue weighted by Gasteiger charge is 2.21.